The maximum Gasteiger partial charge on any atom is 0.335 e. The van der Waals surface area contributed by atoms with Crippen LogP contribution in [0.1, 0.15) is 67.8 Å². The lowest BCUT2D eigenvalue weighted by molar-refractivity contribution is 0.0695. The van der Waals surface area contributed by atoms with Gasteiger partial charge in [-0.2, -0.15) is 0 Å². The van der Waals surface area contributed by atoms with Crippen molar-refractivity contribution in [3.8, 4) is 5.75 Å². The van der Waals surface area contributed by atoms with E-state index in [9.17, 15) is 15.0 Å². The zero-order valence-electron chi connectivity index (χ0n) is 13.7. The molecule has 0 saturated heterocycles. The molecule has 0 aliphatic heterocycles. The van der Waals surface area contributed by atoms with Gasteiger partial charge in [0.05, 0.1) is 17.8 Å². The third-order valence-corrected chi connectivity index (χ3v) is 3.96. The number of phenols is 1. The lowest BCUT2D eigenvalue weighted by Crippen LogP contribution is -2.08. The summed E-state index contributed by atoms with van der Waals surface area (Å²) in [4.78, 5) is 11.1. The van der Waals surface area contributed by atoms with Crippen LogP contribution >= 0.6 is 0 Å². The number of hydrogen-bond acceptors (Lipinski definition) is 4. The van der Waals surface area contributed by atoms with Gasteiger partial charge < -0.3 is 20.4 Å². The molecule has 1 aromatic carbocycles. The van der Waals surface area contributed by atoms with Crippen molar-refractivity contribution in [3.63, 3.8) is 0 Å². The molecule has 0 aliphatic rings. The average Bonchev–Trinajstić information content (AvgIpc) is 2.46. The second kappa shape index (κ2) is 10.2. The van der Waals surface area contributed by atoms with Crippen molar-refractivity contribution in [2.45, 2.75) is 70.5 Å². The van der Waals surface area contributed by atoms with Crippen LogP contribution in [0, 0.1) is 0 Å². The van der Waals surface area contributed by atoms with Crippen LogP contribution in [0.25, 0.3) is 0 Å². The number of aromatic hydroxyl groups is 1. The summed E-state index contributed by atoms with van der Waals surface area (Å²) in [5, 5.41) is 37.6. The molecule has 2 unspecified atom stereocenters. The molecule has 2 atom stereocenters. The highest BCUT2D eigenvalue weighted by Gasteiger charge is 2.10. The Labute approximate surface area is 137 Å². The number of carbonyl (C=O) groups is 1. The number of phenolic OH excluding ortho intramolecular Hbond substituents is 1. The molecular formula is C18H28O5. The van der Waals surface area contributed by atoms with E-state index in [1.54, 1.807) is 6.92 Å². The number of unbranched alkanes of at least 4 members (excludes halogenated alkanes) is 2. The van der Waals surface area contributed by atoms with Crippen LogP contribution in [0.3, 0.4) is 0 Å². The van der Waals surface area contributed by atoms with E-state index in [1.807, 2.05) is 0 Å². The maximum atomic E-state index is 11.1. The molecule has 1 rings (SSSR count). The lowest BCUT2D eigenvalue weighted by atomic mass is 9.99. The van der Waals surface area contributed by atoms with E-state index in [-0.39, 0.29) is 23.5 Å². The second-order valence-corrected chi connectivity index (χ2v) is 6.18. The summed E-state index contributed by atoms with van der Waals surface area (Å²) in [6.45, 7) is 1.75. The Morgan fingerprint density at radius 1 is 1.04 bits per heavy atom. The minimum atomic E-state index is -0.978. The van der Waals surface area contributed by atoms with E-state index in [0.29, 0.717) is 24.8 Å². The minimum Gasteiger partial charge on any atom is -0.508 e. The number of rotatable bonds is 11. The smallest absolute Gasteiger partial charge is 0.335 e. The summed E-state index contributed by atoms with van der Waals surface area (Å²) in [5.74, 6) is -0.896. The summed E-state index contributed by atoms with van der Waals surface area (Å²) in [6, 6.07) is 4.32. The summed E-state index contributed by atoms with van der Waals surface area (Å²) in [6.07, 6.45) is 5.55. The van der Waals surface area contributed by atoms with Crippen molar-refractivity contribution in [2.24, 2.45) is 0 Å². The monoisotopic (exact) mass is 324 g/mol. The van der Waals surface area contributed by atoms with Crippen LogP contribution in [0.2, 0.25) is 0 Å². The van der Waals surface area contributed by atoms with Crippen molar-refractivity contribution in [1.82, 2.24) is 0 Å². The molecule has 0 fully saturated rings. The first-order chi connectivity index (χ1) is 10.9. The van der Waals surface area contributed by atoms with Crippen LogP contribution in [-0.2, 0) is 6.42 Å². The molecule has 0 spiro atoms. The number of carboxylic acids is 1. The SMILES string of the molecule is CC(O)CCCC(O)CCCCCc1cc(O)ccc1C(=O)O. The molecule has 0 saturated carbocycles. The normalized spacial score (nSPS) is 13.7. The van der Waals surface area contributed by atoms with E-state index < -0.39 is 5.97 Å². The van der Waals surface area contributed by atoms with Gasteiger partial charge in [0.2, 0.25) is 0 Å². The first-order valence-corrected chi connectivity index (χ1v) is 8.31. The predicted molar refractivity (Wildman–Crippen MR) is 88.8 cm³/mol. The maximum absolute atomic E-state index is 11.1. The van der Waals surface area contributed by atoms with Gasteiger partial charge in [0.15, 0.2) is 0 Å². The van der Waals surface area contributed by atoms with Crippen molar-refractivity contribution in [1.29, 1.82) is 0 Å². The van der Waals surface area contributed by atoms with Crippen molar-refractivity contribution < 1.29 is 25.2 Å². The summed E-state index contributed by atoms with van der Waals surface area (Å²) in [5.41, 5.74) is 0.885. The number of aromatic carboxylic acids is 1. The van der Waals surface area contributed by atoms with E-state index in [0.717, 1.165) is 32.1 Å². The zero-order valence-corrected chi connectivity index (χ0v) is 13.7. The number of hydrogen-bond donors (Lipinski definition) is 4. The van der Waals surface area contributed by atoms with Crippen LogP contribution in [0.4, 0.5) is 0 Å². The van der Waals surface area contributed by atoms with Gasteiger partial charge in [-0.3, -0.25) is 0 Å². The fraction of sp³-hybridized carbons (Fsp3) is 0.611. The summed E-state index contributed by atoms with van der Waals surface area (Å²) >= 11 is 0. The van der Waals surface area contributed by atoms with Gasteiger partial charge in [0.25, 0.3) is 0 Å². The van der Waals surface area contributed by atoms with Crippen molar-refractivity contribution in [2.75, 3.05) is 0 Å². The Morgan fingerprint density at radius 2 is 1.74 bits per heavy atom. The van der Waals surface area contributed by atoms with E-state index >= 15 is 0 Å². The predicted octanol–water partition coefficient (Wildman–Crippen LogP) is 3.11. The second-order valence-electron chi connectivity index (χ2n) is 6.18. The van der Waals surface area contributed by atoms with E-state index in [1.165, 1.54) is 18.2 Å². The van der Waals surface area contributed by atoms with Gasteiger partial charge in [0.1, 0.15) is 5.75 Å². The molecule has 0 bridgehead atoms. The Bertz CT molecular complexity index is 484. The summed E-state index contributed by atoms with van der Waals surface area (Å²) in [7, 11) is 0. The fourth-order valence-corrected chi connectivity index (χ4v) is 2.66. The number of carboxylic acid groups (broad SMARTS) is 1. The molecular weight excluding hydrogens is 296 g/mol. The molecule has 0 radical (unpaired) electrons. The standard InChI is InChI=1S/C18H28O5/c1-13(19)6-5-9-15(20)8-4-2-3-7-14-12-16(21)10-11-17(14)18(22)23/h10-13,15,19-21H,2-9H2,1H3,(H,22,23). The highest BCUT2D eigenvalue weighted by molar-refractivity contribution is 5.89. The Hall–Kier alpha value is -1.59. The molecule has 0 heterocycles. The number of aliphatic hydroxyl groups excluding tert-OH is 2. The van der Waals surface area contributed by atoms with Crippen LogP contribution in [-0.4, -0.2) is 38.6 Å². The fourth-order valence-electron chi connectivity index (χ4n) is 2.66. The van der Waals surface area contributed by atoms with Crippen molar-refractivity contribution >= 4 is 5.97 Å². The molecule has 4 N–H and O–H groups in total. The van der Waals surface area contributed by atoms with E-state index in [4.69, 9.17) is 10.2 Å². The quantitative estimate of drug-likeness (QED) is 0.469. The molecule has 23 heavy (non-hydrogen) atoms. The highest BCUT2D eigenvalue weighted by atomic mass is 16.4. The molecule has 5 heteroatoms. The average molecular weight is 324 g/mol. The van der Waals surface area contributed by atoms with Gasteiger partial charge in [-0.1, -0.05) is 12.8 Å². The number of aliphatic hydroxyl groups is 2. The molecule has 5 nitrogen and oxygen atoms in total. The molecule has 1 aromatic rings. The van der Waals surface area contributed by atoms with Gasteiger partial charge in [-0.15, -0.1) is 0 Å². The topological polar surface area (TPSA) is 98.0 Å². The molecule has 0 aromatic heterocycles. The Balaban J connectivity index is 2.25. The number of benzene rings is 1. The van der Waals surface area contributed by atoms with Gasteiger partial charge in [0, 0.05) is 0 Å². The highest BCUT2D eigenvalue weighted by Crippen LogP contribution is 2.20. The number of aryl methyl sites for hydroxylation is 1. The van der Waals surface area contributed by atoms with Crippen molar-refractivity contribution in [3.05, 3.63) is 29.3 Å². The first-order valence-electron chi connectivity index (χ1n) is 8.31. The molecule has 0 aliphatic carbocycles. The van der Waals surface area contributed by atoms with Crippen LogP contribution < -0.4 is 0 Å². The van der Waals surface area contributed by atoms with Crippen LogP contribution in [0.15, 0.2) is 18.2 Å². The molecule has 0 amide bonds. The third kappa shape index (κ3) is 8.00. The lowest BCUT2D eigenvalue weighted by Gasteiger charge is -2.11. The Morgan fingerprint density at radius 3 is 2.39 bits per heavy atom. The Kier molecular flexibility index (Phi) is 8.66. The first kappa shape index (κ1) is 19.5. The third-order valence-electron chi connectivity index (χ3n) is 3.96. The van der Waals surface area contributed by atoms with Gasteiger partial charge in [-0.25, -0.2) is 4.79 Å². The summed E-state index contributed by atoms with van der Waals surface area (Å²) < 4.78 is 0. The molecule has 130 valence electrons. The van der Waals surface area contributed by atoms with E-state index in [2.05, 4.69) is 0 Å². The van der Waals surface area contributed by atoms with Crippen LogP contribution in [0.5, 0.6) is 5.75 Å². The van der Waals surface area contributed by atoms with Gasteiger partial charge in [-0.05, 0) is 69.2 Å². The minimum absolute atomic E-state index is 0.0820. The zero-order chi connectivity index (χ0) is 17.2. The largest absolute Gasteiger partial charge is 0.508 e. The van der Waals surface area contributed by atoms with Gasteiger partial charge >= 0.3 is 5.97 Å².